The quantitative estimate of drug-likeness (QED) is 0.837. The number of rotatable bonds is 5. The third-order valence-corrected chi connectivity index (χ3v) is 2.95. The fourth-order valence-electron chi connectivity index (χ4n) is 1.08. The topological polar surface area (TPSA) is 38.3 Å². The zero-order chi connectivity index (χ0) is 13.8. The van der Waals surface area contributed by atoms with Gasteiger partial charge in [0, 0.05) is 11.6 Å². The van der Waals surface area contributed by atoms with Gasteiger partial charge in [0.05, 0.1) is 5.41 Å². The Bertz CT molecular complexity index is 407. The predicted octanol–water partition coefficient (Wildman–Crippen LogP) is 3.49. The molecule has 0 heterocycles. The van der Waals surface area contributed by atoms with Gasteiger partial charge in [0.25, 0.3) is 0 Å². The molecule has 0 saturated carbocycles. The van der Waals surface area contributed by atoms with E-state index >= 15 is 0 Å². The number of amides is 1. The fraction of sp³-hybridized carbons (Fsp3) is 0.417. The van der Waals surface area contributed by atoms with E-state index in [4.69, 9.17) is 11.6 Å². The zero-order valence-corrected chi connectivity index (χ0v) is 10.8. The molecule has 0 unspecified atom stereocenters. The first kappa shape index (κ1) is 14.7. The van der Waals surface area contributed by atoms with Gasteiger partial charge >= 0.3 is 6.61 Å². The summed E-state index contributed by atoms with van der Waals surface area (Å²) in [5.74, 6) is -0.00886. The standard InChI is InChI=1S/C12H14ClF2NO2/c1-12(2,7-13)10(17)16-8-3-5-9(6-4-8)18-11(14)15/h3-6,11H,7H2,1-2H3,(H,16,17). The van der Waals surface area contributed by atoms with Gasteiger partial charge in [-0.15, -0.1) is 11.6 Å². The molecule has 1 aromatic rings. The van der Waals surface area contributed by atoms with Crippen LogP contribution in [0.3, 0.4) is 0 Å². The summed E-state index contributed by atoms with van der Waals surface area (Å²) in [6.45, 7) is 0.563. The molecule has 1 amide bonds. The molecule has 0 atom stereocenters. The summed E-state index contributed by atoms with van der Waals surface area (Å²) in [6.07, 6.45) is 0. The number of alkyl halides is 3. The molecule has 0 saturated heterocycles. The zero-order valence-electron chi connectivity index (χ0n) is 10.0. The van der Waals surface area contributed by atoms with E-state index in [1.165, 1.54) is 24.3 Å². The summed E-state index contributed by atoms with van der Waals surface area (Å²) in [5, 5.41) is 2.65. The van der Waals surface area contributed by atoms with Crippen molar-refractivity contribution >= 4 is 23.2 Å². The minimum Gasteiger partial charge on any atom is -0.435 e. The van der Waals surface area contributed by atoms with Gasteiger partial charge in [-0.2, -0.15) is 8.78 Å². The van der Waals surface area contributed by atoms with Crippen LogP contribution in [-0.2, 0) is 4.79 Å². The number of hydrogen-bond acceptors (Lipinski definition) is 2. The lowest BCUT2D eigenvalue weighted by Crippen LogP contribution is -2.32. The molecule has 1 aromatic carbocycles. The molecule has 100 valence electrons. The Morgan fingerprint density at radius 1 is 1.39 bits per heavy atom. The van der Waals surface area contributed by atoms with Crippen LogP contribution in [0.4, 0.5) is 14.5 Å². The minimum atomic E-state index is -2.86. The van der Waals surface area contributed by atoms with Crippen molar-refractivity contribution in [2.24, 2.45) is 5.41 Å². The van der Waals surface area contributed by atoms with Gasteiger partial charge in [-0.3, -0.25) is 4.79 Å². The lowest BCUT2D eigenvalue weighted by atomic mass is 9.95. The highest BCUT2D eigenvalue weighted by Gasteiger charge is 2.26. The van der Waals surface area contributed by atoms with Crippen LogP contribution in [0, 0.1) is 5.41 Å². The van der Waals surface area contributed by atoms with Crippen LogP contribution in [0.2, 0.25) is 0 Å². The first-order valence-electron chi connectivity index (χ1n) is 5.27. The van der Waals surface area contributed by atoms with Crippen LogP contribution in [0.15, 0.2) is 24.3 Å². The average Bonchev–Trinajstić information content (AvgIpc) is 2.31. The third-order valence-electron chi connectivity index (χ3n) is 2.29. The van der Waals surface area contributed by atoms with E-state index < -0.39 is 12.0 Å². The second kappa shape index (κ2) is 6.00. The number of hydrogen-bond donors (Lipinski definition) is 1. The second-order valence-corrected chi connectivity index (χ2v) is 4.64. The molecule has 0 aliphatic carbocycles. The highest BCUT2D eigenvalue weighted by atomic mass is 35.5. The van der Waals surface area contributed by atoms with Crippen molar-refractivity contribution in [2.75, 3.05) is 11.2 Å². The largest absolute Gasteiger partial charge is 0.435 e. The highest BCUT2D eigenvalue weighted by Crippen LogP contribution is 2.22. The molecule has 6 heteroatoms. The highest BCUT2D eigenvalue weighted by molar-refractivity contribution is 6.20. The first-order valence-corrected chi connectivity index (χ1v) is 5.81. The third kappa shape index (κ3) is 4.14. The van der Waals surface area contributed by atoms with Gasteiger partial charge in [-0.25, -0.2) is 0 Å². The average molecular weight is 278 g/mol. The number of nitrogens with one attached hydrogen (secondary N) is 1. The lowest BCUT2D eigenvalue weighted by molar-refractivity contribution is -0.122. The molecule has 0 aliphatic heterocycles. The molecule has 0 radical (unpaired) electrons. The summed E-state index contributed by atoms with van der Waals surface area (Å²) in [5.41, 5.74) is -0.195. The van der Waals surface area contributed by atoms with Gasteiger partial charge < -0.3 is 10.1 Å². The lowest BCUT2D eigenvalue weighted by Gasteiger charge is -2.20. The number of anilines is 1. The molecule has 18 heavy (non-hydrogen) atoms. The Morgan fingerprint density at radius 2 is 1.94 bits per heavy atom. The predicted molar refractivity (Wildman–Crippen MR) is 66.2 cm³/mol. The minimum absolute atomic E-state index is 0.0413. The van der Waals surface area contributed by atoms with E-state index in [1.54, 1.807) is 13.8 Å². The maximum absolute atomic E-state index is 11.9. The van der Waals surface area contributed by atoms with Crippen molar-refractivity contribution in [1.82, 2.24) is 0 Å². The van der Waals surface area contributed by atoms with Crippen LogP contribution < -0.4 is 10.1 Å². The summed E-state index contributed by atoms with van der Waals surface area (Å²) in [4.78, 5) is 11.8. The number of halogens is 3. The monoisotopic (exact) mass is 277 g/mol. The SMILES string of the molecule is CC(C)(CCl)C(=O)Nc1ccc(OC(F)F)cc1. The number of carbonyl (C=O) groups is 1. The Labute approximate surface area is 109 Å². The van der Waals surface area contributed by atoms with Crippen molar-refractivity contribution in [3.05, 3.63) is 24.3 Å². The van der Waals surface area contributed by atoms with Crippen LogP contribution in [-0.4, -0.2) is 18.4 Å². The van der Waals surface area contributed by atoms with Crippen LogP contribution >= 0.6 is 11.6 Å². The van der Waals surface area contributed by atoms with Crippen molar-refractivity contribution in [1.29, 1.82) is 0 Å². The Balaban J connectivity index is 2.67. The van der Waals surface area contributed by atoms with Gasteiger partial charge in [0.2, 0.25) is 5.91 Å². The molecular weight excluding hydrogens is 264 g/mol. The normalized spacial score (nSPS) is 11.4. The number of benzene rings is 1. The number of carbonyl (C=O) groups excluding carboxylic acids is 1. The summed E-state index contributed by atoms with van der Waals surface area (Å²) >= 11 is 5.67. The van der Waals surface area contributed by atoms with Crippen molar-refractivity contribution in [3.8, 4) is 5.75 Å². The molecule has 1 N–H and O–H groups in total. The number of ether oxygens (including phenoxy) is 1. The van der Waals surface area contributed by atoms with E-state index in [0.717, 1.165) is 0 Å². The van der Waals surface area contributed by atoms with Gasteiger partial charge in [0.1, 0.15) is 5.75 Å². The van der Waals surface area contributed by atoms with Crippen LogP contribution in [0.1, 0.15) is 13.8 Å². The van der Waals surface area contributed by atoms with Gasteiger partial charge in [-0.05, 0) is 38.1 Å². The van der Waals surface area contributed by atoms with Gasteiger partial charge in [-0.1, -0.05) is 0 Å². The van der Waals surface area contributed by atoms with E-state index in [2.05, 4.69) is 10.1 Å². The summed E-state index contributed by atoms with van der Waals surface area (Å²) < 4.78 is 28.0. The molecule has 1 rings (SSSR count). The fourth-order valence-corrected chi connectivity index (χ4v) is 1.20. The Kier molecular flexibility index (Phi) is 4.90. The molecule has 0 bridgehead atoms. The molecule has 0 aliphatic rings. The Morgan fingerprint density at radius 3 is 2.39 bits per heavy atom. The Hall–Kier alpha value is -1.36. The van der Waals surface area contributed by atoms with E-state index in [9.17, 15) is 13.6 Å². The molecule has 3 nitrogen and oxygen atoms in total. The van der Waals surface area contributed by atoms with Crippen molar-refractivity contribution in [2.45, 2.75) is 20.5 Å². The summed E-state index contributed by atoms with van der Waals surface area (Å²) in [7, 11) is 0. The van der Waals surface area contributed by atoms with E-state index in [0.29, 0.717) is 5.69 Å². The van der Waals surface area contributed by atoms with E-state index in [1.807, 2.05) is 0 Å². The summed E-state index contributed by atoms with van der Waals surface area (Å²) in [6, 6.07) is 5.69. The van der Waals surface area contributed by atoms with Gasteiger partial charge in [0.15, 0.2) is 0 Å². The van der Waals surface area contributed by atoms with Crippen LogP contribution in [0.5, 0.6) is 5.75 Å². The first-order chi connectivity index (χ1) is 8.35. The molecule has 0 spiro atoms. The van der Waals surface area contributed by atoms with Crippen LogP contribution in [0.25, 0.3) is 0 Å². The maximum Gasteiger partial charge on any atom is 0.387 e. The molecule has 0 fully saturated rings. The molecule has 0 aromatic heterocycles. The second-order valence-electron chi connectivity index (χ2n) is 4.37. The van der Waals surface area contributed by atoms with Crippen molar-refractivity contribution in [3.63, 3.8) is 0 Å². The van der Waals surface area contributed by atoms with Crippen molar-refractivity contribution < 1.29 is 18.3 Å². The smallest absolute Gasteiger partial charge is 0.387 e. The van der Waals surface area contributed by atoms with E-state index in [-0.39, 0.29) is 17.5 Å². The maximum atomic E-state index is 11.9. The molecular formula is C12H14ClF2NO2.